The van der Waals surface area contributed by atoms with E-state index in [1.165, 1.54) is 6.07 Å². The average Bonchev–Trinajstić information content (AvgIpc) is 2.47. The summed E-state index contributed by atoms with van der Waals surface area (Å²) in [6.45, 7) is 1.99. The van der Waals surface area contributed by atoms with Crippen molar-refractivity contribution in [1.82, 2.24) is 4.98 Å². The summed E-state index contributed by atoms with van der Waals surface area (Å²) in [5.74, 6) is -0.209. The zero-order chi connectivity index (χ0) is 14.1. The minimum Gasteiger partial charge on any atom is -0.398 e. The molecule has 1 aromatic heterocycles. The second-order valence-electron chi connectivity index (χ2n) is 4.92. The van der Waals surface area contributed by atoms with E-state index in [-0.39, 0.29) is 11.7 Å². The quantitative estimate of drug-likeness (QED) is 0.758. The van der Waals surface area contributed by atoms with Gasteiger partial charge in [-0.2, -0.15) is 0 Å². The molecular formula is C17H15FN2. The molecule has 1 atom stereocenters. The maximum atomic E-state index is 13.9. The predicted molar refractivity (Wildman–Crippen MR) is 80.1 cm³/mol. The van der Waals surface area contributed by atoms with E-state index in [1.807, 2.05) is 37.3 Å². The van der Waals surface area contributed by atoms with Crippen molar-refractivity contribution >= 4 is 16.6 Å². The Balaban J connectivity index is 2.11. The standard InChI is InChI=1S/C17H15FN2/c1-11(13-4-2-3-5-15(13)18)12-6-7-17-14(10-12)16(19)8-9-20-17/h2-11H,1H3,(H2,19,20)/t11-/m0/s1. The van der Waals surface area contributed by atoms with Gasteiger partial charge in [0.1, 0.15) is 5.82 Å². The molecular weight excluding hydrogens is 251 g/mol. The van der Waals surface area contributed by atoms with Gasteiger partial charge in [-0.3, -0.25) is 4.98 Å². The van der Waals surface area contributed by atoms with Crippen LogP contribution in [0.3, 0.4) is 0 Å². The van der Waals surface area contributed by atoms with Crippen LogP contribution < -0.4 is 5.73 Å². The Hall–Kier alpha value is -2.42. The molecule has 1 heterocycles. The van der Waals surface area contributed by atoms with Gasteiger partial charge >= 0.3 is 0 Å². The highest BCUT2D eigenvalue weighted by atomic mass is 19.1. The van der Waals surface area contributed by atoms with Crippen molar-refractivity contribution in [2.45, 2.75) is 12.8 Å². The van der Waals surface area contributed by atoms with Crippen molar-refractivity contribution in [2.24, 2.45) is 0 Å². The van der Waals surface area contributed by atoms with Crippen molar-refractivity contribution in [3.63, 3.8) is 0 Å². The predicted octanol–water partition coefficient (Wildman–Crippen LogP) is 4.11. The third kappa shape index (κ3) is 2.11. The molecule has 3 aromatic rings. The van der Waals surface area contributed by atoms with Gasteiger partial charge in [-0.15, -0.1) is 0 Å². The third-order valence-corrected chi connectivity index (χ3v) is 3.67. The van der Waals surface area contributed by atoms with E-state index in [9.17, 15) is 4.39 Å². The summed E-state index contributed by atoms with van der Waals surface area (Å²) in [4.78, 5) is 4.28. The highest BCUT2D eigenvalue weighted by Gasteiger charge is 2.13. The lowest BCUT2D eigenvalue weighted by Gasteiger charge is -2.14. The number of nitrogens with two attached hydrogens (primary N) is 1. The molecule has 0 saturated heterocycles. The Labute approximate surface area is 117 Å². The molecule has 0 aliphatic heterocycles. The van der Waals surface area contributed by atoms with E-state index < -0.39 is 0 Å². The molecule has 0 aliphatic carbocycles. The molecule has 0 bridgehead atoms. The van der Waals surface area contributed by atoms with Crippen LogP contribution in [-0.4, -0.2) is 4.98 Å². The Morgan fingerprint density at radius 3 is 2.70 bits per heavy atom. The highest BCUT2D eigenvalue weighted by molar-refractivity contribution is 5.90. The number of nitrogens with zero attached hydrogens (tertiary/aromatic N) is 1. The summed E-state index contributed by atoms with van der Waals surface area (Å²) in [5, 5.41) is 0.910. The second kappa shape index (κ2) is 4.93. The Morgan fingerprint density at radius 2 is 1.90 bits per heavy atom. The fourth-order valence-corrected chi connectivity index (χ4v) is 2.46. The molecule has 2 N–H and O–H groups in total. The van der Waals surface area contributed by atoms with Crippen molar-refractivity contribution in [1.29, 1.82) is 0 Å². The van der Waals surface area contributed by atoms with Crippen LogP contribution in [0, 0.1) is 5.82 Å². The second-order valence-corrected chi connectivity index (χ2v) is 4.92. The SMILES string of the molecule is C[C@@H](c1ccc2nccc(N)c2c1)c1ccccc1F. The number of hydrogen-bond acceptors (Lipinski definition) is 2. The lowest BCUT2D eigenvalue weighted by molar-refractivity contribution is 0.603. The van der Waals surface area contributed by atoms with Crippen LogP contribution >= 0.6 is 0 Å². The lowest BCUT2D eigenvalue weighted by Crippen LogP contribution is -2.00. The van der Waals surface area contributed by atoms with Crippen molar-refractivity contribution in [3.05, 3.63) is 71.7 Å². The average molecular weight is 266 g/mol. The Morgan fingerprint density at radius 1 is 1.10 bits per heavy atom. The number of hydrogen-bond donors (Lipinski definition) is 1. The number of anilines is 1. The van der Waals surface area contributed by atoms with E-state index >= 15 is 0 Å². The number of halogens is 1. The van der Waals surface area contributed by atoms with Crippen LogP contribution in [0.5, 0.6) is 0 Å². The molecule has 0 spiro atoms. The van der Waals surface area contributed by atoms with E-state index in [0.29, 0.717) is 11.3 Å². The molecule has 0 unspecified atom stereocenters. The summed E-state index contributed by atoms with van der Waals surface area (Å²) >= 11 is 0. The number of pyridine rings is 1. The van der Waals surface area contributed by atoms with Crippen LogP contribution in [0.4, 0.5) is 10.1 Å². The fourth-order valence-electron chi connectivity index (χ4n) is 2.46. The van der Waals surface area contributed by atoms with E-state index in [2.05, 4.69) is 4.98 Å². The normalized spacial score (nSPS) is 12.5. The number of benzene rings is 2. The maximum absolute atomic E-state index is 13.9. The van der Waals surface area contributed by atoms with Gasteiger partial charge in [-0.05, 0) is 35.4 Å². The first-order chi connectivity index (χ1) is 9.66. The van der Waals surface area contributed by atoms with Crippen molar-refractivity contribution in [2.75, 3.05) is 5.73 Å². The minimum atomic E-state index is -0.181. The zero-order valence-electron chi connectivity index (χ0n) is 11.2. The molecule has 0 radical (unpaired) electrons. The van der Waals surface area contributed by atoms with Gasteiger partial charge in [0.25, 0.3) is 0 Å². The van der Waals surface area contributed by atoms with Crippen LogP contribution in [0.1, 0.15) is 24.0 Å². The monoisotopic (exact) mass is 266 g/mol. The number of fused-ring (bicyclic) bond motifs is 1. The summed E-state index contributed by atoms with van der Waals surface area (Å²) < 4.78 is 13.9. The van der Waals surface area contributed by atoms with Gasteiger partial charge in [-0.1, -0.05) is 31.2 Å². The van der Waals surface area contributed by atoms with Gasteiger partial charge in [0.2, 0.25) is 0 Å². The van der Waals surface area contributed by atoms with Crippen LogP contribution in [0.25, 0.3) is 10.9 Å². The molecule has 3 rings (SSSR count). The highest BCUT2D eigenvalue weighted by Crippen LogP contribution is 2.29. The molecule has 2 aromatic carbocycles. The van der Waals surface area contributed by atoms with Crippen molar-refractivity contribution in [3.8, 4) is 0 Å². The number of aromatic nitrogens is 1. The summed E-state index contributed by atoms with van der Waals surface area (Å²) in [5.41, 5.74) is 9.25. The third-order valence-electron chi connectivity index (χ3n) is 3.67. The van der Waals surface area contributed by atoms with Gasteiger partial charge in [0.05, 0.1) is 5.52 Å². The molecule has 3 heteroatoms. The minimum absolute atomic E-state index is 0.0276. The van der Waals surface area contributed by atoms with Gasteiger partial charge in [0, 0.05) is 23.2 Å². The molecule has 100 valence electrons. The van der Waals surface area contributed by atoms with Crippen LogP contribution in [0.2, 0.25) is 0 Å². The lowest BCUT2D eigenvalue weighted by atomic mass is 9.91. The number of rotatable bonds is 2. The first-order valence-electron chi connectivity index (χ1n) is 6.55. The van der Waals surface area contributed by atoms with E-state index in [4.69, 9.17) is 5.73 Å². The van der Waals surface area contributed by atoms with Gasteiger partial charge in [-0.25, -0.2) is 4.39 Å². The molecule has 0 saturated carbocycles. The molecule has 2 nitrogen and oxygen atoms in total. The molecule has 0 aliphatic rings. The van der Waals surface area contributed by atoms with Gasteiger partial charge in [0.15, 0.2) is 0 Å². The van der Waals surface area contributed by atoms with E-state index in [1.54, 1.807) is 18.3 Å². The molecule has 20 heavy (non-hydrogen) atoms. The maximum Gasteiger partial charge on any atom is 0.127 e. The zero-order valence-corrected chi connectivity index (χ0v) is 11.2. The Bertz CT molecular complexity index is 768. The molecule has 0 amide bonds. The largest absolute Gasteiger partial charge is 0.398 e. The smallest absolute Gasteiger partial charge is 0.127 e. The fraction of sp³-hybridized carbons (Fsp3) is 0.118. The van der Waals surface area contributed by atoms with Gasteiger partial charge < -0.3 is 5.73 Å². The summed E-state index contributed by atoms with van der Waals surface area (Å²) in [6, 6.07) is 14.5. The Kier molecular flexibility index (Phi) is 3.11. The van der Waals surface area contributed by atoms with Crippen LogP contribution in [-0.2, 0) is 0 Å². The molecule has 0 fully saturated rings. The first kappa shape index (κ1) is 12.6. The summed E-state index contributed by atoms with van der Waals surface area (Å²) in [6.07, 6.45) is 1.69. The summed E-state index contributed by atoms with van der Waals surface area (Å²) in [7, 11) is 0. The van der Waals surface area contributed by atoms with E-state index in [0.717, 1.165) is 16.5 Å². The van der Waals surface area contributed by atoms with Crippen molar-refractivity contribution < 1.29 is 4.39 Å². The van der Waals surface area contributed by atoms with Crippen LogP contribution in [0.15, 0.2) is 54.7 Å². The first-order valence-corrected chi connectivity index (χ1v) is 6.55. The topological polar surface area (TPSA) is 38.9 Å². The number of nitrogen functional groups attached to an aromatic ring is 1.